The zero-order chi connectivity index (χ0) is 25.7. The van der Waals surface area contributed by atoms with Crippen molar-refractivity contribution in [1.29, 1.82) is 0 Å². The topological polar surface area (TPSA) is 96.7 Å². The summed E-state index contributed by atoms with van der Waals surface area (Å²) in [4.78, 5) is 28.7. The predicted octanol–water partition coefficient (Wildman–Crippen LogP) is 4.14. The summed E-state index contributed by atoms with van der Waals surface area (Å²) in [6, 6.07) is 12.6. The van der Waals surface area contributed by atoms with Crippen LogP contribution in [0.15, 0.2) is 57.9 Å². The van der Waals surface area contributed by atoms with Gasteiger partial charge in [0.1, 0.15) is 11.4 Å². The molecule has 2 fully saturated rings. The molecule has 0 bridgehead atoms. The van der Waals surface area contributed by atoms with Crippen LogP contribution in [0.5, 0.6) is 0 Å². The van der Waals surface area contributed by atoms with Gasteiger partial charge in [-0.3, -0.25) is 9.69 Å². The number of nitrogens with zero attached hydrogens (tertiary/aromatic N) is 5. The van der Waals surface area contributed by atoms with E-state index < -0.39 is 17.2 Å². The van der Waals surface area contributed by atoms with E-state index in [1.807, 2.05) is 39.8 Å². The van der Waals surface area contributed by atoms with Gasteiger partial charge in [0.2, 0.25) is 11.3 Å². The Morgan fingerprint density at radius 2 is 1.86 bits per heavy atom. The number of halogens is 1. The summed E-state index contributed by atoms with van der Waals surface area (Å²) >= 11 is 5.36. The first-order valence-electron chi connectivity index (χ1n) is 12.1. The molecule has 11 heteroatoms. The van der Waals surface area contributed by atoms with E-state index in [1.54, 1.807) is 10.7 Å². The first-order chi connectivity index (χ1) is 17.9. The summed E-state index contributed by atoms with van der Waals surface area (Å²) in [5.41, 5.74) is 0.840. The number of rotatable bonds is 6. The molecular formula is C26H24FN5O4S. The summed E-state index contributed by atoms with van der Waals surface area (Å²) in [7, 11) is 0. The fourth-order valence-electron chi connectivity index (χ4n) is 4.82. The maximum absolute atomic E-state index is 15.2. The van der Waals surface area contributed by atoms with Crippen LogP contribution in [0.4, 0.5) is 10.1 Å². The summed E-state index contributed by atoms with van der Waals surface area (Å²) in [6.45, 7) is 2.91. The number of hydrogen-bond donors (Lipinski definition) is 1. The number of carboxylic acids is 1. The highest BCUT2D eigenvalue weighted by molar-refractivity contribution is 7.71. The van der Waals surface area contributed by atoms with Gasteiger partial charge in [0.25, 0.3) is 4.84 Å². The fourth-order valence-corrected chi connectivity index (χ4v) is 5.00. The maximum Gasteiger partial charge on any atom is 0.341 e. The largest absolute Gasteiger partial charge is 0.477 e. The second kappa shape index (κ2) is 9.24. The molecule has 1 aliphatic heterocycles. The predicted molar refractivity (Wildman–Crippen MR) is 138 cm³/mol. The molecule has 1 saturated heterocycles. The molecule has 6 rings (SSSR count). The van der Waals surface area contributed by atoms with Crippen LogP contribution in [0.1, 0.15) is 29.2 Å². The third-order valence-corrected chi connectivity index (χ3v) is 7.24. The van der Waals surface area contributed by atoms with Gasteiger partial charge in [-0.2, -0.15) is 0 Å². The third-order valence-electron chi connectivity index (χ3n) is 6.95. The van der Waals surface area contributed by atoms with Crippen LogP contribution in [0, 0.1) is 10.7 Å². The first kappa shape index (κ1) is 23.6. The van der Waals surface area contributed by atoms with Crippen molar-refractivity contribution in [2.24, 2.45) is 0 Å². The fraction of sp³-hybridized carbons (Fsp3) is 0.308. The molecule has 4 aromatic rings. The molecule has 0 atom stereocenters. The van der Waals surface area contributed by atoms with Gasteiger partial charge in [-0.25, -0.2) is 13.9 Å². The molecule has 1 saturated carbocycles. The molecule has 3 heterocycles. The van der Waals surface area contributed by atoms with E-state index in [-0.39, 0.29) is 17.0 Å². The lowest BCUT2D eigenvalue weighted by Gasteiger charge is -2.36. The SMILES string of the molecule is O=C(O)c1cn(C2CC2)c2cc(N3CCN(Cn4nc(-c5ccccc5)oc4=S)CC3)c(F)cc2c1=O. The summed E-state index contributed by atoms with van der Waals surface area (Å²) in [6.07, 6.45) is 3.20. The van der Waals surface area contributed by atoms with E-state index in [4.69, 9.17) is 16.6 Å². The molecule has 1 N–H and O–H groups in total. The molecule has 0 radical (unpaired) electrons. The van der Waals surface area contributed by atoms with Crippen molar-refractivity contribution in [2.75, 3.05) is 31.1 Å². The van der Waals surface area contributed by atoms with Crippen molar-refractivity contribution >= 4 is 34.8 Å². The van der Waals surface area contributed by atoms with Crippen LogP contribution in [0.3, 0.4) is 0 Å². The van der Waals surface area contributed by atoms with Crippen molar-refractivity contribution in [3.05, 3.63) is 75.1 Å². The molecule has 190 valence electrons. The molecule has 2 aliphatic rings. The highest BCUT2D eigenvalue weighted by atomic mass is 32.1. The van der Waals surface area contributed by atoms with E-state index in [0.29, 0.717) is 54.8 Å². The van der Waals surface area contributed by atoms with Gasteiger partial charge in [0, 0.05) is 49.4 Å². The lowest BCUT2D eigenvalue weighted by molar-refractivity contribution is 0.0695. The Balaban J connectivity index is 1.22. The van der Waals surface area contributed by atoms with Crippen molar-refractivity contribution in [2.45, 2.75) is 25.6 Å². The van der Waals surface area contributed by atoms with Gasteiger partial charge < -0.3 is 19.0 Å². The summed E-state index contributed by atoms with van der Waals surface area (Å²) in [5, 5.41) is 14.1. The van der Waals surface area contributed by atoms with Crippen LogP contribution in [0.25, 0.3) is 22.4 Å². The number of benzene rings is 2. The molecule has 2 aromatic heterocycles. The van der Waals surface area contributed by atoms with E-state index in [9.17, 15) is 14.7 Å². The van der Waals surface area contributed by atoms with Crippen LogP contribution < -0.4 is 10.3 Å². The molecule has 9 nitrogen and oxygen atoms in total. The summed E-state index contributed by atoms with van der Waals surface area (Å²) < 4.78 is 24.4. The normalized spacial score (nSPS) is 16.4. The van der Waals surface area contributed by atoms with Crippen molar-refractivity contribution in [3.63, 3.8) is 0 Å². The molecular weight excluding hydrogens is 497 g/mol. The minimum atomic E-state index is -1.30. The highest BCUT2D eigenvalue weighted by Crippen LogP contribution is 2.38. The van der Waals surface area contributed by atoms with Gasteiger partial charge in [0.15, 0.2) is 0 Å². The number of hydrogen-bond acceptors (Lipinski definition) is 7. The molecule has 37 heavy (non-hydrogen) atoms. The van der Waals surface area contributed by atoms with Crippen LogP contribution in [-0.2, 0) is 6.67 Å². The number of aromatic nitrogens is 3. The van der Waals surface area contributed by atoms with Crippen molar-refractivity contribution in [1.82, 2.24) is 19.2 Å². The molecule has 0 amide bonds. The monoisotopic (exact) mass is 521 g/mol. The Morgan fingerprint density at radius 3 is 2.54 bits per heavy atom. The number of carboxylic acid groups (broad SMARTS) is 1. The zero-order valence-corrected chi connectivity index (χ0v) is 20.7. The van der Waals surface area contributed by atoms with Crippen LogP contribution in [0.2, 0.25) is 0 Å². The van der Waals surface area contributed by atoms with Gasteiger partial charge in [-0.15, -0.1) is 5.10 Å². The number of aromatic carboxylic acids is 1. The second-order valence-corrected chi connectivity index (χ2v) is 9.77. The van der Waals surface area contributed by atoms with E-state index in [1.165, 1.54) is 12.3 Å². The number of fused-ring (bicyclic) bond motifs is 1. The average molecular weight is 522 g/mol. The number of carbonyl (C=O) groups is 1. The molecule has 1 aliphatic carbocycles. The van der Waals surface area contributed by atoms with Gasteiger partial charge in [-0.05, 0) is 49.3 Å². The minimum absolute atomic E-state index is 0.0984. The van der Waals surface area contributed by atoms with E-state index >= 15 is 4.39 Å². The Bertz CT molecular complexity index is 1620. The quantitative estimate of drug-likeness (QED) is 0.378. The van der Waals surface area contributed by atoms with Crippen molar-refractivity contribution < 1.29 is 18.7 Å². The lowest BCUT2D eigenvalue weighted by atomic mass is 10.1. The van der Waals surface area contributed by atoms with Gasteiger partial charge in [0.05, 0.1) is 17.9 Å². The summed E-state index contributed by atoms with van der Waals surface area (Å²) in [5.74, 6) is -1.37. The van der Waals surface area contributed by atoms with Gasteiger partial charge >= 0.3 is 5.97 Å². The average Bonchev–Trinajstić information content (AvgIpc) is 3.68. The van der Waals surface area contributed by atoms with Crippen molar-refractivity contribution in [3.8, 4) is 11.5 Å². The Kier molecular flexibility index (Phi) is 5.88. The molecule has 2 aromatic carbocycles. The maximum atomic E-state index is 15.2. The zero-order valence-electron chi connectivity index (χ0n) is 19.8. The van der Waals surface area contributed by atoms with Gasteiger partial charge in [-0.1, -0.05) is 18.2 Å². The third kappa shape index (κ3) is 4.44. The smallest absolute Gasteiger partial charge is 0.341 e. The number of piperazine rings is 1. The number of anilines is 1. The minimum Gasteiger partial charge on any atom is -0.477 e. The highest BCUT2D eigenvalue weighted by Gasteiger charge is 2.28. The Hall–Kier alpha value is -3.83. The molecule has 0 spiro atoms. The first-order valence-corrected chi connectivity index (χ1v) is 12.5. The standard InChI is InChI=1S/C26H24FN5O4S/c27-20-12-18-21(31(17-6-7-17)14-19(23(18)33)25(34)35)13-22(20)30-10-8-29(9-11-30)15-32-26(37)36-24(28-32)16-4-2-1-3-5-16/h1-5,12-14,17H,6-11,15H2,(H,34,35). The van der Waals surface area contributed by atoms with Crippen LogP contribution >= 0.6 is 12.2 Å². The van der Waals surface area contributed by atoms with Crippen LogP contribution in [-0.4, -0.2) is 56.5 Å². The molecule has 0 unspecified atom stereocenters. The lowest BCUT2D eigenvalue weighted by Crippen LogP contribution is -2.47. The number of pyridine rings is 1. The Morgan fingerprint density at radius 1 is 1.14 bits per heavy atom. The Labute approximate surface area is 216 Å². The van der Waals surface area contributed by atoms with E-state index in [2.05, 4.69) is 10.00 Å². The van der Waals surface area contributed by atoms with E-state index in [0.717, 1.165) is 18.4 Å². The second-order valence-electron chi connectivity index (χ2n) is 9.42.